The zero-order valence-electron chi connectivity index (χ0n) is 8.12. The fourth-order valence-corrected chi connectivity index (χ4v) is 1.19. The average Bonchev–Trinajstić information content (AvgIpc) is 2.15. The van der Waals surface area contributed by atoms with Gasteiger partial charge >= 0.3 is 0 Å². The lowest BCUT2D eigenvalue weighted by atomic mass is 10.0. The van der Waals surface area contributed by atoms with E-state index in [9.17, 15) is 0 Å². The maximum absolute atomic E-state index is 8.74. The van der Waals surface area contributed by atoms with Crippen molar-refractivity contribution in [3.05, 3.63) is 34.9 Å². The summed E-state index contributed by atoms with van der Waals surface area (Å²) < 4.78 is 0. The Morgan fingerprint density at radius 3 is 2.46 bits per heavy atom. The van der Waals surface area contributed by atoms with Gasteiger partial charge in [0.2, 0.25) is 0 Å². The summed E-state index contributed by atoms with van der Waals surface area (Å²) >= 11 is 0. The summed E-state index contributed by atoms with van der Waals surface area (Å²) in [6, 6.07) is 6.32. The van der Waals surface area contributed by atoms with E-state index >= 15 is 0 Å². The highest BCUT2D eigenvalue weighted by atomic mass is 16.2. The fourth-order valence-electron chi connectivity index (χ4n) is 1.19. The molecule has 0 radical (unpaired) electrons. The van der Waals surface area contributed by atoms with Crippen LogP contribution < -0.4 is 0 Å². The number of benzene rings is 1. The van der Waals surface area contributed by atoms with E-state index in [0.717, 1.165) is 6.42 Å². The summed E-state index contributed by atoms with van der Waals surface area (Å²) in [6.07, 6.45) is 0.771. The third-order valence-corrected chi connectivity index (χ3v) is 1.89. The minimum Gasteiger partial charge on any atom is -0.396 e. The van der Waals surface area contributed by atoms with Crippen LogP contribution in [0.4, 0.5) is 0 Å². The molecule has 70 valence electrons. The van der Waals surface area contributed by atoms with Gasteiger partial charge in [-0.3, -0.25) is 0 Å². The Hall–Kier alpha value is -1.33. The van der Waals surface area contributed by atoms with Gasteiger partial charge in [-0.2, -0.15) is 0 Å². The van der Waals surface area contributed by atoms with Crippen LogP contribution in [-0.2, 0) is 6.42 Å². The molecule has 0 aliphatic heterocycles. The topological polar surface area (TPSA) is 44.0 Å². The van der Waals surface area contributed by atoms with Crippen molar-refractivity contribution in [2.24, 2.45) is 0 Å². The maximum Gasteiger partial charge on any atom is 0.0471 e. The molecule has 0 fully saturated rings. The quantitative estimate of drug-likeness (QED) is 0.750. The standard InChI is InChI=1S/C10H14O.CHN/c1-8-3-4-9(2)10(7-8)5-6-11;1-2/h3-4,7,11H,5-6H2,1-2H3;1H. The molecule has 0 aliphatic rings. The zero-order valence-corrected chi connectivity index (χ0v) is 8.12. The molecule has 0 bridgehead atoms. The summed E-state index contributed by atoms with van der Waals surface area (Å²) in [6.45, 7) is 7.88. The highest BCUT2D eigenvalue weighted by Gasteiger charge is 1.96. The van der Waals surface area contributed by atoms with Gasteiger partial charge in [-0.25, -0.2) is 5.26 Å². The number of aliphatic hydroxyl groups is 1. The van der Waals surface area contributed by atoms with E-state index in [-0.39, 0.29) is 6.61 Å². The van der Waals surface area contributed by atoms with Crippen molar-refractivity contribution in [2.75, 3.05) is 6.61 Å². The van der Waals surface area contributed by atoms with Crippen molar-refractivity contribution >= 4 is 0 Å². The second kappa shape index (κ2) is 6.22. The summed E-state index contributed by atoms with van der Waals surface area (Å²) in [5, 5.41) is 15.2. The van der Waals surface area contributed by atoms with Crippen LogP contribution in [0, 0.1) is 25.7 Å². The van der Waals surface area contributed by atoms with Gasteiger partial charge in [0.25, 0.3) is 0 Å². The Balaban J connectivity index is 0.000000671. The van der Waals surface area contributed by atoms with Crippen LogP contribution in [0.3, 0.4) is 0 Å². The molecule has 0 saturated carbocycles. The first-order valence-corrected chi connectivity index (χ1v) is 4.17. The lowest BCUT2D eigenvalue weighted by molar-refractivity contribution is 0.299. The Bertz CT molecular complexity index is 279. The van der Waals surface area contributed by atoms with Crippen LogP contribution in [0.15, 0.2) is 18.2 Å². The second-order valence-electron chi connectivity index (χ2n) is 2.90. The molecule has 1 aromatic carbocycles. The van der Waals surface area contributed by atoms with E-state index in [1.54, 1.807) is 0 Å². The molecule has 1 rings (SSSR count). The first-order chi connectivity index (χ1) is 6.24. The first-order valence-electron chi connectivity index (χ1n) is 4.17. The lowest BCUT2D eigenvalue weighted by Crippen LogP contribution is -1.94. The van der Waals surface area contributed by atoms with Crippen LogP contribution in [-0.4, -0.2) is 11.7 Å². The summed E-state index contributed by atoms with van der Waals surface area (Å²) in [5.74, 6) is 0. The molecule has 0 heterocycles. The molecule has 0 saturated heterocycles. The van der Waals surface area contributed by atoms with Crippen molar-refractivity contribution < 1.29 is 5.11 Å². The molecule has 0 aromatic heterocycles. The van der Waals surface area contributed by atoms with Gasteiger partial charge in [0.15, 0.2) is 0 Å². The molecular weight excluding hydrogens is 162 g/mol. The third kappa shape index (κ3) is 3.73. The van der Waals surface area contributed by atoms with Crippen LogP contribution in [0.5, 0.6) is 0 Å². The van der Waals surface area contributed by atoms with E-state index in [4.69, 9.17) is 10.4 Å². The molecule has 2 nitrogen and oxygen atoms in total. The fraction of sp³-hybridized carbons (Fsp3) is 0.364. The number of hydrogen-bond donors (Lipinski definition) is 1. The Labute approximate surface area is 79.4 Å². The zero-order chi connectivity index (χ0) is 10.3. The van der Waals surface area contributed by atoms with Gasteiger partial charge in [-0.1, -0.05) is 23.8 Å². The Morgan fingerprint density at radius 1 is 1.31 bits per heavy atom. The summed E-state index contributed by atoms with van der Waals surface area (Å²) in [7, 11) is 0. The number of nitrogens with zero attached hydrogens (tertiary/aromatic N) is 1. The summed E-state index contributed by atoms with van der Waals surface area (Å²) in [4.78, 5) is 0. The maximum atomic E-state index is 8.74. The molecule has 2 heteroatoms. The van der Waals surface area contributed by atoms with Gasteiger partial charge in [0.05, 0.1) is 0 Å². The SMILES string of the molecule is C#N.Cc1ccc(C)c(CCO)c1. The van der Waals surface area contributed by atoms with Crippen LogP contribution >= 0.6 is 0 Å². The smallest absolute Gasteiger partial charge is 0.0471 e. The van der Waals surface area contributed by atoms with Crippen molar-refractivity contribution in [1.82, 2.24) is 0 Å². The highest BCUT2D eigenvalue weighted by molar-refractivity contribution is 5.30. The van der Waals surface area contributed by atoms with Gasteiger partial charge in [0, 0.05) is 13.2 Å². The minimum atomic E-state index is 0.240. The predicted octanol–water partition coefficient (Wildman–Crippen LogP) is 1.98. The first kappa shape index (κ1) is 11.7. The number of aryl methyl sites for hydroxylation is 2. The van der Waals surface area contributed by atoms with Gasteiger partial charge < -0.3 is 5.11 Å². The Kier molecular flexibility index (Phi) is 5.58. The van der Waals surface area contributed by atoms with Crippen molar-refractivity contribution in [3.63, 3.8) is 0 Å². The minimum absolute atomic E-state index is 0.240. The van der Waals surface area contributed by atoms with Crippen LogP contribution in [0.1, 0.15) is 16.7 Å². The predicted molar refractivity (Wildman–Crippen MR) is 53.4 cm³/mol. The summed E-state index contributed by atoms with van der Waals surface area (Å²) in [5.41, 5.74) is 3.79. The number of hydrogen-bond acceptors (Lipinski definition) is 2. The Morgan fingerprint density at radius 2 is 1.92 bits per heavy atom. The van der Waals surface area contributed by atoms with Crippen molar-refractivity contribution in [1.29, 1.82) is 5.26 Å². The highest BCUT2D eigenvalue weighted by Crippen LogP contribution is 2.10. The van der Waals surface area contributed by atoms with E-state index in [2.05, 4.69) is 38.6 Å². The number of rotatable bonds is 2. The molecule has 0 aliphatic carbocycles. The van der Waals surface area contributed by atoms with Gasteiger partial charge in [-0.15, -0.1) is 0 Å². The van der Waals surface area contributed by atoms with Crippen LogP contribution in [0.2, 0.25) is 0 Å². The number of nitriles is 1. The molecule has 0 spiro atoms. The average molecular weight is 177 g/mol. The van der Waals surface area contributed by atoms with E-state index in [1.807, 2.05) is 0 Å². The largest absolute Gasteiger partial charge is 0.396 e. The number of aliphatic hydroxyl groups excluding tert-OH is 1. The third-order valence-electron chi connectivity index (χ3n) is 1.89. The van der Waals surface area contributed by atoms with Crippen LogP contribution in [0.25, 0.3) is 0 Å². The van der Waals surface area contributed by atoms with E-state index < -0.39 is 0 Å². The molecule has 0 atom stereocenters. The van der Waals surface area contributed by atoms with Gasteiger partial charge in [-0.05, 0) is 31.4 Å². The monoisotopic (exact) mass is 177 g/mol. The van der Waals surface area contributed by atoms with E-state index in [1.165, 1.54) is 16.7 Å². The molecule has 1 aromatic rings. The lowest BCUT2D eigenvalue weighted by Gasteiger charge is -2.03. The molecular formula is C11H15NO. The van der Waals surface area contributed by atoms with Crippen molar-refractivity contribution in [2.45, 2.75) is 20.3 Å². The molecule has 13 heavy (non-hydrogen) atoms. The van der Waals surface area contributed by atoms with Crippen molar-refractivity contribution in [3.8, 4) is 6.57 Å². The molecule has 0 unspecified atom stereocenters. The van der Waals surface area contributed by atoms with Gasteiger partial charge in [0.1, 0.15) is 0 Å². The van der Waals surface area contributed by atoms with E-state index in [0.29, 0.717) is 0 Å². The molecule has 0 amide bonds. The second-order valence-corrected chi connectivity index (χ2v) is 2.90. The molecule has 1 N–H and O–H groups in total. The normalized spacial score (nSPS) is 8.69.